The average Bonchev–Trinajstić information content (AvgIpc) is 2.93. The molecule has 1 atom stereocenters. The SMILES string of the molecule is CSCC(NCc1cnn(-c2ccccc2)c1)C(=O)O. The Labute approximate surface area is 122 Å². The Kier molecular flexibility index (Phi) is 5.20. The molecule has 0 bridgehead atoms. The number of aromatic nitrogens is 2. The van der Waals surface area contributed by atoms with E-state index in [9.17, 15) is 4.79 Å². The molecule has 2 N–H and O–H groups in total. The first kappa shape index (κ1) is 14.6. The Balaban J connectivity index is 1.98. The molecule has 0 aliphatic heterocycles. The first-order valence-corrected chi connectivity index (χ1v) is 7.64. The molecular formula is C14H17N3O2S. The molecule has 1 aromatic heterocycles. The van der Waals surface area contributed by atoms with E-state index in [4.69, 9.17) is 5.11 Å². The van der Waals surface area contributed by atoms with Crippen molar-refractivity contribution in [3.8, 4) is 5.69 Å². The number of aliphatic carboxylic acids is 1. The molecule has 1 unspecified atom stereocenters. The number of thioether (sulfide) groups is 1. The van der Waals surface area contributed by atoms with Crippen molar-refractivity contribution in [1.82, 2.24) is 15.1 Å². The van der Waals surface area contributed by atoms with E-state index in [1.165, 1.54) is 11.8 Å². The average molecular weight is 291 g/mol. The van der Waals surface area contributed by atoms with Crippen LogP contribution in [0.25, 0.3) is 5.69 Å². The fraction of sp³-hybridized carbons (Fsp3) is 0.286. The van der Waals surface area contributed by atoms with Crippen LogP contribution in [-0.2, 0) is 11.3 Å². The second-order valence-corrected chi connectivity index (χ2v) is 5.27. The van der Waals surface area contributed by atoms with E-state index in [2.05, 4.69) is 10.4 Å². The minimum absolute atomic E-state index is 0.490. The van der Waals surface area contributed by atoms with E-state index in [1.807, 2.05) is 42.8 Å². The molecule has 2 rings (SSSR count). The molecule has 0 aliphatic carbocycles. The molecular weight excluding hydrogens is 274 g/mol. The highest BCUT2D eigenvalue weighted by Gasteiger charge is 2.15. The van der Waals surface area contributed by atoms with Crippen molar-refractivity contribution in [3.63, 3.8) is 0 Å². The van der Waals surface area contributed by atoms with Crippen LogP contribution in [0.1, 0.15) is 5.56 Å². The quantitative estimate of drug-likeness (QED) is 0.814. The van der Waals surface area contributed by atoms with E-state index in [-0.39, 0.29) is 0 Å². The number of benzene rings is 1. The summed E-state index contributed by atoms with van der Waals surface area (Å²) in [4.78, 5) is 11.0. The van der Waals surface area contributed by atoms with Crippen LogP contribution in [0.3, 0.4) is 0 Å². The second-order valence-electron chi connectivity index (χ2n) is 4.36. The molecule has 6 heteroatoms. The predicted molar refractivity (Wildman–Crippen MR) is 80.2 cm³/mol. The van der Waals surface area contributed by atoms with Gasteiger partial charge in [-0.2, -0.15) is 16.9 Å². The van der Waals surface area contributed by atoms with E-state index >= 15 is 0 Å². The zero-order valence-electron chi connectivity index (χ0n) is 11.2. The van der Waals surface area contributed by atoms with Gasteiger partial charge >= 0.3 is 5.97 Å². The molecule has 20 heavy (non-hydrogen) atoms. The molecule has 106 valence electrons. The fourth-order valence-electron chi connectivity index (χ4n) is 1.80. The molecule has 0 radical (unpaired) electrons. The predicted octanol–water partition coefficient (Wildman–Crippen LogP) is 1.78. The second kappa shape index (κ2) is 7.12. The van der Waals surface area contributed by atoms with E-state index < -0.39 is 12.0 Å². The topological polar surface area (TPSA) is 67.2 Å². The number of hydrogen-bond acceptors (Lipinski definition) is 4. The number of carboxylic acids is 1. The number of para-hydroxylation sites is 1. The van der Waals surface area contributed by atoms with Gasteiger partial charge in [0.1, 0.15) is 6.04 Å². The lowest BCUT2D eigenvalue weighted by atomic mass is 10.3. The Bertz CT molecular complexity index is 557. The van der Waals surface area contributed by atoms with E-state index in [0.717, 1.165) is 11.3 Å². The largest absolute Gasteiger partial charge is 0.480 e. The van der Waals surface area contributed by atoms with Crippen LogP contribution < -0.4 is 5.32 Å². The summed E-state index contributed by atoms with van der Waals surface area (Å²) >= 11 is 1.51. The van der Waals surface area contributed by atoms with Gasteiger partial charge in [0.2, 0.25) is 0 Å². The smallest absolute Gasteiger partial charge is 0.321 e. The monoisotopic (exact) mass is 291 g/mol. The zero-order chi connectivity index (χ0) is 14.4. The fourth-order valence-corrected chi connectivity index (χ4v) is 2.39. The third-order valence-electron chi connectivity index (χ3n) is 2.84. The summed E-state index contributed by atoms with van der Waals surface area (Å²) in [5.74, 6) is -0.280. The van der Waals surface area contributed by atoms with Crippen molar-refractivity contribution >= 4 is 17.7 Å². The van der Waals surface area contributed by atoms with Crippen LogP contribution in [0.4, 0.5) is 0 Å². The van der Waals surface area contributed by atoms with Gasteiger partial charge in [0, 0.05) is 24.1 Å². The van der Waals surface area contributed by atoms with E-state index in [1.54, 1.807) is 10.9 Å². The molecule has 0 aliphatic rings. The van der Waals surface area contributed by atoms with Crippen LogP contribution in [0.5, 0.6) is 0 Å². The minimum Gasteiger partial charge on any atom is -0.480 e. The number of carboxylic acid groups (broad SMARTS) is 1. The lowest BCUT2D eigenvalue weighted by Gasteiger charge is -2.11. The van der Waals surface area contributed by atoms with Crippen LogP contribution in [0, 0.1) is 0 Å². The Morgan fingerprint density at radius 1 is 1.45 bits per heavy atom. The number of hydrogen-bond donors (Lipinski definition) is 2. The van der Waals surface area contributed by atoms with Crippen molar-refractivity contribution in [2.75, 3.05) is 12.0 Å². The summed E-state index contributed by atoms with van der Waals surface area (Å²) in [5, 5.41) is 16.4. The minimum atomic E-state index is -0.824. The summed E-state index contributed by atoms with van der Waals surface area (Å²) in [7, 11) is 0. The van der Waals surface area contributed by atoms with E-state index in [0.29, 0.717) is 12.3 Å². The van der Waals surface area contributed by atoms with Crippen molar-refractivity contribution < 1.29 is 9.90 Å². The number of rotatable bonds is 7. The standard InChI is InChI=1S/C14H17N3O2S/c1-20-10-13(14(18)19)15-7-11-8-16-17(9-11)12-5-3-2-4-6-12/h2-6,8-9,13,15H,7,10H2,1H3,(H,18,19). The third kappa shape index (κ3) is 3.85. The molecule has 1 heterocycles. The van der Waals surface area contributed by atoms with Gasteiger partial charge in [-0.1, -0.05) is 18.2 Å². The molecule has 0 fully saturated rings. The molecule has 1 aromatic carbocycles. The van der Waals surface area contributed by atoms with Crippen LogP contribution in [0.2, 0.25) is 0 Å². The molecule has 0 saturated heterocycles. The molecule has 0 saturated carbocycles. The van der Waals surface area contributed by atoms with Crippen molar-refractivity contribution in [3.05, 3.63) is 48.3 Å². The lowest BCUT2D eigenvalue weighted by molar-refractivity contribution is -0.138. The summed E-state index contributed by atoms with van der Waals surface area (Å²) in [6.45, 7) is 0.490. The highest BCUT2D eigenvalue weighted by molar-refractivity contribution is 7.98. The third-order valence-corrected chi connectivity index (χ3v) is 3.51. The van der Waals surface area contributed by atoms with Gasteiger partial charge in [0.05, 0.1) is 11.9 Å². The van der Waals surface area contributed by atoms with Crippen LogP contribution >= 0.6 is 11.8 Å². The summed E-state index contributed by atoms with van der Waals surface area (Å²) in [6.07, 6.45) is 5.55. The van der Waals surface area contributed by atoms with Crippen molar-refractivity contribution in [2.45, 2.75) is 12.6 Å². The summed E-state index contributed by atoms with van der Waals surface area (Å²) in [6, 6.07) is 9.26. The maximum absolute atomic E-state index is 11.0. The zero-order valence-corrected chi connectivity index (χ0v) is 12.0. The van der Waals surface area contributed by atoms with Gasteiger partial charge in [-0.05, 0) is 18.4 Å². The molecule has 0 amide bonds. The number of nitrogens with one attached hydrogen (secondary N) is 1. The van der Waals surface area contributed by atoms with Crippen LogP contribution in [0.15, 0.2) is 42.7 Å². The normalized spacial score (nSPS) is 12.2. The first-order valence-electron chi connectivity index (χ1n) is 6.25. The Hall–Kier alpha value is -1.79. The maximum atomic E-state index is 11.0. The Morgan fingerprint density at radius 2 is 2.20 bits per heavy atom. The van der Waals surface area contributed by atoms with Crippen molar-refractivity contribution in [2.24, 2.45) is 0 Å². The number of nitrogens with zero attached hydrogens (tertiary/aromatic N) is 2. The number of carbonyl (C=O) groups is 1. The highest BCUT2D eigenvalue weighted by Crippen LogP contribution is 2.08. The van der Waals surface area contributed by atoms with Crippen molar-refractivity contribution in [1.29, 1.82) is 0 Å². The molecule has 0 spiro atoms. The lowest BCUT2D eigenvalue weighted by Crippen LogP contribution is -2.38. The van der Waals surface area contributed by atoms with Gasteiger partial charge < -0.3 is 5.11 Å². The highest BCUT2D eigenvalue weighted by atomic mass is 32.2. The van der Waals surface area contributed by atoms with Gasteiger partial charge in [-0.25, -0.2) is 4.68 Å². The van der Waals surface area contributed by atoms with Crippen LogP contribution in [-0.4, -0.2) is 38.9 Å². The first-order chi connectivity index (χ1) is 9.70. The summed E-state index contributed by atoms with van der Waals surface area (Å²) in [5.41, 5.74) is 1.94. The van der Waals surface area contributed by atoms with Gasteiger partial charge in [-0.15, -0.1) is 0 Å². The van der Waals surface area contributed by atoms with Gasteiger partial charge in [0.15, 0.2) is 0 Å². The van der Waals surface area contributed by atoms with Gasteiger partial charge in [-0.3, -0.25) is 10.1 Å². The molecule has 2 aromatic rings. The Morgan fingerprint density at radius 3 is 2.85 bits per heavy atom. The molecule has 5 nitrogen and oxygen atoms in total. The van der Waals surface area contributed by atoms with Gasteiger partial charge in [0.25, 0.3) is 0 Å². The summed E-state index contributed by atoms with van der Waals surface area (Å²) < 4.78 is 1.78. The maximum Gasteiger partial charge on any atom is 0.321 e.